The fraction of sp³-hybridized carbons (Fsp3) is 0.429. The number of likely N-dealkylation sites (tertiary alicyclic amines) is 1. The topological polar surface area (TPSA) is 84.4 Å². The van der Waals surface area contributed by atoms with E-state index < -0.39 is 5.97 Å². The Labute approximate surface area is 165 Å². The van der Waals surface area contributed by atoms with Gasteiger partial charge in [-0.3, -0.25) is 4.79 Å². The Hall–Kier alpha value is -2.96. The Morgan fingerprint density at radius 1 is 1.11 bits per heavy atom. The van der Waals surface area contributed by atoms with Crippen molar-refractivity contribution in [3.63, 3.8) is 0 Å². The number of amides is 1. The highest BCUT2D eigenvalue weighted by Gasteiger charge is 2.20. The van der Waals surface area contributed by atoms with Gasteiger partial charge in [0, 0.05) is 19.2 Å². The van der Waals surface area contributed by atoms with Gasteiger partial charge in [-0.2, -0.15) is 0 Å². The van der Waals surface area contributed by atoms with Crippen LogP contribution in [0.2, 0.25) is 0 Å². The first-order valence-corrected chi connectivity index (χ1v) is 9.76. The van der Waals surface area contributed by atoms with Crippen LogP contribution in [0.25, 0.3) is 0 Å². The van der Waals surface area contributed by atoms with E-state index in [4.69, 9.17) is 4.74 Å². The number of anilines is 2. The van der Waals surface area contributed by atoms with E-state index in [0.717, 1.165) is 38.8 Å². The highest BCUT2D eigenvalue weighted by Crippen LogP contribution is 2.22. The Kier molecular flexibility index (Phi) is 6.57. The molecule has 0 bridgehead atoms. The van der Waals surface area contributed by atoms with Crippen LogP contribution in [-0.4, -0.2) is 46.4 Å². The predicted octanol–water partition coefficient (Wildman–Crippen LogP) is 3.72. The van der Waals surface area contributed by atoms with E-state index in [1.54, 1.807) is 38.1 Å². The van der Waals surface area contributed by atoms with Crippen molar-refractivity contribution in [2.75, 3.05) is 25.0 Å². The third-order valence-electron chi connectivity index (χ3n) is 4.64. The van der Waals surface area contributed by atoms with E-state index in [0.29, 0.717) is 35.2 Å². The summed E-state index contributed by atoms with van der Waals surface area (Å²) in [6.45, 7) is 5.34. The largest absolute Gasteiger partial charge is 0.462 e. The molecule has 0 unspecified atom stereocenters. The van der Waals surface area contributed by atoms with Crippen LogP contribution < -0.4 is 5.32 Å². The first-order chi connectivity index (χ1) is 13.6. The highest BCUT2D eigenvalue weighted by molar-refractivity contribution is 5.97. The third-order valence-corrected chi connectivity index (χ3v) is 4.64. The minimum absolute atomic E-state index is 0.0749. The van der Waals surface area contributed by atoms with Gasteiger partial charge in [0.15, 0.2) is 0 Å². The molecule has 1 aromatic heterocycles. The van der Waals surface area contributed by atoms with E-state index in [1.165, 1.54) is 0 Å². The van der Waals surface area contributed by atoms with E-state index in [-0.39, 0.29) is 5.91 Å². The summed E-state index contributed by atoms with van der Waals surface area (Å²) in [5, 5.41) is 3.14. The van der Waals surface area contributed by atoms with Gasteiger partial charge < -0.3 is 15.0 Å². The molecule has 7 heteroatoms. The van der Waals surface area contributed by atoms with Gasteiger partial charge in [0.2, 0.25) is 0 Å². The number of aryl methyl sites for hydroxylation is 1. The zero-order valence-corrected chi connectivity index (χ0v) is 16.4. The molecule has 1 saturated heterocycles. The zero-order chi connectivity index (χ0) is 19.9. The zero-order valence-electron chi connectivity index (χ0n) is 16.4. The molecule has 0 aliphatic carbocycles. The molecule has 1 aliphatic rings. The summed E-state index contributed by atoms with van der Waals surface area (Å²) in [4.78, 5) is 35.7. The van der Waals surface area contributed by atoms with Crippen LogP contribution in [0.4, 0.5) is 11.5 Å². The molecule has 1 amide bonds. The molecular weight excluding hydrogens is 356 g/mol. The first-order valence-electron chi connectivity index (χ1n) is 9.76. The van der Waals surface area contributed by atoms with Crippen LogP contribution in [0.1, 0.15) is 59.3 Å². The summed E-state index contributed by atoms with van der Waals surface area (Å²) in [5.41, 5.74) is 1.36. The number of esters is 1. The van der Waals surface area contributed by atoms with Crippen molar-refractivity contribution in [1.29, 1.82) is 0 Å². The van der Waals surface area contributed by atoms with Crippen LogP contribution >= 0.6 is 0 Å². The second-order valence-electron chi connectivity index (χ2n) is 6.78. The molecule has 148 valence electrons. The smallest absolute Gasteiger partial charge is 0.340 e. The molecule has 2 heterocycles. The lowest BCUT2D eigenvalue weighted by Gasteiger charge is -2.20. The molecule has 7 nitrogen and oxygen atoms in total. The van der Waals surface area contributed by atoms with Crippen LogP contribution in [0.15, 0.2) is 30.3 Å². The van der Waals surface area contributed by atoms with Gasteiger partial charge in [-0.1, -0.05) is 25.0 Å². The van der Waals surface area contributed by atoms with Crippen LogP contribution in [0.5, 0.6) is 0 Å². The minimum Gasteiger partial charge on any atom is -0.462 e. The Bertz CT molecular complexity index is 845. The lowest BCUT2D eigenvalue weighted by molar-refractivity contribution is 0.0527. The van der Waals surface area contributed by atoms with Crippen LogP contribution in [0.3, 0.4) is 0 Å². The molecule has 0 radical (unpaired) electrons. The van der Waals surface area contributed by atoms with Gasteiger partial charge in [-0.15, -0.1) is 0 Å². The molecular formula is C21H26N4O3. The molecule has 1 fully saturated rings. The predicted molar refractivity (Wildman–Crippen MR) is 107 cm³/mol. The number of ether oxygens (including phenoxy) is 1. The molecule has 0 atom stereocenters. The molecule has 3 rings (SSSR count). The normalized spacial score (nSPS) is 14.3. The fourth-order valence-electron chi connectivity index (χ4n) is 3.29. The molecule has 2 aromatic rings. The van der Waals surface area contributed by atoms with E-state index in [9.17, 15) is 9.59 Å². The number of hydrogen-bond donors (Lipinski definition) is 1. The molecule has 1 aliphatic heterocycles. The molecule has 1 N–H and O–H groups in total. The molecule has 0 saturated carbocycles. The quantitative estimate of drug-likeness (QED) is 0.794. The Morgan fingerprint density at radius 2 is 1.82 bits per heavy atom. The van der Waals surface area contributed by atoms with Crippen molar-refractivity contribution in [3.05, 3.63) is 47.4 Å². The number of rotatable bonds is 5. The number of aromatic nitrogens is 2. The van der Waals surface area contributed by atoms with E-state index in [1.807, 2.05) is 11.0 Å². The Balaban J connectivity index is 1.84. The first kappa shape index (κ1) is 19.8. The molecule has 28 heavy (non-hydrogen) atoms. The second-order valence-corrected chi connectivity index (χ2v) is 6.78. The number of nitrogens with one attached hydrogen (secondary N) is 1. The number of carbonyl (C=O) groups is 2. The Morgan fingerprint density at radius 3 is 2.54 bits per heavy atom. The number of para-hydroxylation sites is 1. The van der Waals surface area contributed by atoms with Gasteiger partial charge in [0.05, 0.1) is 17.9 Å². The van der Waals surface area contributed by atoms with Crippen molar-refractivity contribution in [2.45, 2.75) is 39.5 Å². The maximum absolute atomic E-state index is 12.9. The summed E-state index contributed by atoms with van der Waals surface area (Å²) < 4.78 is 5.11. The summed E-state index contributed by atoms with van der Waals surface area (Å²) >= 11 is 0. The van der Waals surface area contributed by atoms with Crippen molar-refractivity contribution in [2.24, 2.45) is 0 Å². The third kappa shape index (κ3) is 4.85. The number of hydrogen-bond acceptors (Lipinski definition) is 6. The standard InChI is InChI=1S/C21H26N4O3/c1-3-28-21(27)16-10-6-7-11-17(16)24-19-14-18(22-15(2)23-19)20(26)25-12-8-4-5-9-13-25/h6-7,10-11,14H,3-5,8-9,12-13H2,1-2H3,(H,22,23,24). The van der Waals surface area contributed by atoms with Gasteiger partial charge >= 0.3 is 5.97 Å². The van der Waals surface area contributed by atoms with E-state index >= 15 is 0 Å². The van der Waals surface area contributed by atoms with Crippen LogP contribution in [0, 0.1) is 6.92 Å². The van der Waals surface area contributed by atoms with Crippen LogP contribution in [-0.2, 0) is 4.74 Å². The maximum Gasteiger partial charge on any atom is 0.340 e. The van der Waals surface area contributed by atoms with Crippen molar-refractivity contribution in [3.8, 4) is 0 Å². The fourth-order valence-corrected chi connectivity index (χ4v) is 3.29. The average Bonchev–Trinajstić information content (AvgIpc) is 2.97. The number of benzene rings is 1. The lowest BCUT2D eigenvalue weighted by atomic mass is 10.2. The number of carbonyl (C=O) groups excluding carboxylic acids is 2. The van der Waals surface area contributed by atoms with E-state index in [2.05, 4.69) is 15.3 Å². The minimum atomic E-state index is -0.405. The SMILES string of the molecule is CCOC(=O)c1ccccc1Nc1cc(C(=O)N2CCCCCC2)nc(C)n1. The van der Waals surface area contributed by atoms with Crippen molar-refractivity contribution < 1.29 is 14.3 Å². The second kappa shape index (κ2) is 9.30. The van der Waals surface area contributed by atoms with Crippen molar-refractivity contribution in [1.82, 2.24) is 14.9 Å². The highest BCUT2D eigenvalue weighted by atomic mass is 16.5. The van der Waals surface area contributed by atoms with Gasteiger partial charge in [-0.25, -0.2) is 14.8 Å². The summed E-state index contributed by atoms with van der Waals surface area (Å²) in [5.74, 6) is 0.491. The summed E-state index contributed by atoms with van der Waals surface area (Å²) in [7, 11) is 0. The maximum atomic E-state index is 12.9. The summed E-state index contributed by atoms with van der Waals surface area (Å²) in [6.07, 6.45) is 4.36. The number of nitrogens with zero attached hydrogens (tertiary/aromatic N) is 3. The molecule has 1 aromatic carbocycles. The van der Waals surface area contributed by atoms with Crippen molar-refractivity contribution >= 4 is 23.4 Å². The molecule has 0 spiro atoms. The summed E-state index contributed by atoms with van der Waals surface area (Å²) in [6, 6.07) is 8.71. The van der Waals surface area contributed by atoms with Gasteiger partial charge in [0.25, 0.3) is 5.91 Å². The average molecular weight is 382 g/mol. The monoisotopic (exact) mass is 382 g/mol. The lowest BCUT2D eigenvalue weighted by Crippen LogP contribution is -2.32. The van der Waals surface area contributed by atoms with Gasteiger partial charge in [0.1, 0.15) is 17.3 Å². The van der Waals surface area contributed by atoms with Gasteiger partial charge in [-0.05, 0) is 38.8 Å².